The summed E-state index contributed by atoms with van der Waals surface area (Å²) in [4.78, 5) is 33.7. The summed E-state index contributed by atoms with van der Waals surface area (Å²) in [7, 11) is 0. The number of nitrogens with one attached hydrogen (secondary N) is 1. The van der Waals surface area contributed by atoms with E-state index in [4.69, 9.17) is 20.8 Å². The highest BCUT2D eigenvalue weighted by atomic mass is 35.5. The minimum Gasteiger partial charge on any atom is -0.457 e. The van der Waals surface area contributed by atoms with Crippen LogP contribution in [0.5, 0.6) is 11.5 Å². The molecule has 198 valence electrons. The molecule has 1 amide bonds. The molecule has 6 rings (SSSR count). The van der Waals surface area contributed by atoms with Gasteiger partial charge < -0.3 is 14.1 Å². The quantitative estimate of drug-likeness (QED) is 0.309. The van der Waals surface area contributed by atoms with Gasteiger partial charge in [0.2, 0.25) is 0 Å². The second-order valence-electron chi connectivity index (χ2n) is 9.69. The number of benzene rings is 3. The summed E-state index contributed by atoms with van der Waals surface area (Å²) in [5, 5.41) is 0.575. The Labute approximate surface area is 226 Å². The van der Waals surface area contributed by atoms with E-state index < -0.39 is 30.2 Å². The van der Waals surface area contributed by atoms with E-state index >= 15 is 0 Å². The van der Waals surface area contributed by atoms with Gasteiger partial charge in [-0.25, -0.2) is 13.6 Å². The zero-order valence-electron chi connectivity index (χ0n) is 20.9. The van der Waals surface area contributed by atoms with Crippen LogP contribution in [0, 0.1) is 6.92 Å². The van der Waals surface area contributed by atoms with Crippen LogP contribution in [0.15, 0.2) is 86.0 Å². The van der Waals surface area contributed by atoms with Gasteiger partial charge in [0.15, 0.2) is 5.58 Å². The fraction of sp³-hybridized carbons (Fsp3) is 0.207. The second-order valence-corrected chi connectivity index (χ2v) is 10.1. The number of H-pyrrole nitrogens is 1. The van der Waals surface area contributed by atoms with E-state index in [0.29, 0.717) is 55.6 Å². The van der Waals surface area contributed by atoms with Crippen molar-refractivity contribution in [2.45, 2.75) is 25.8 Å². The third-order valence-electron chi connectivity index (χ3n) is 6.87. The number of amides is 1. The zero-order valence-corrected chi connectivity index (χ0v) is 21.7. The van der Waals surface area contributed by atoms with Gasteiger partial charge in [0, 0.05) is 34.2 Å². The molecule has 0 spiro atoms. The molecule has 1 aromatic heterocycles. The van der Waals surface area contributed by atoms with Crippen LogP contribution in [0.4, 0.5) is 8.78 Å². The molecule has 3 aromatic carbocycles. The first-order chi connectivity index (χ1) is 18.6. The monoisotopic (exact) mass is 549 g/mol. The largest absolute Gasteiger partial charge is 0.457 e. The number of carbonyl (C=O) groups is 1. The normalized spacial score (nSPS) is 17.3. The molecular formula is C29H22ClF2N3O4. The number of para-hydroxylation sites is 1. The van der Waals surface area contributed by atoms with Crippen molar-refractivity contribution in [2.75, 3.05) is 13.1 Å². The lowest BCUT2D eigenvalue weighted by molar-refractivity contribution is -0.132. The topological polar surface area (TPSA) is 87.9 Å². The van der Waals surface area contributed by atoms with Gasteiger partial charge in [-0.1, -0.05) is 35.9 Å². The van der Waals surface area contributed by atoms with E-state index in [0.717, 1.165) is 12.5 Å². The van der Waals surface area contributed by atoms with E-state index in [-0.39, 0.29) is 6.54 Å². The number of halogens is 3. The number of aromatic nitrogens is 1. The van der Waals surface area contributed by atoms with Crippen LogP contribution in [0.3, 0.4) is 0 Å². The molecule has 0 bridgehead atoms. The first kappa shape index (κ1) is 25.1. The Morgan fingerprint density at radius 3 is 2.62 bits per heavy atom. The Bertz CT molecular complexity index is 1750. The molecule has 0 saturated heterocycles. The van der Waals surface area contributed by atoms with Gasteiger partial charge >= 0.3 is 5.76 Å². The van der Waals surface area contributed by atoms with Gasteiger partial charge in [-0.15, -0.1) is 0 Å². The molecule has 1 unspecified atom stereocenters. The number of aliphatic imine (C=N–C) groups is 1. The average Bonchev–Trinajstić information content (AvgIpc) is 3.55. The maximum Gasteiger partial charge on any atom is 0.417 e. The second kappa shape index (κ2) is 9.20. The van der Waals surface area contributed by atoms with Gasteiger partial charge in [-0.2, -0.15) is 0 Å². The molecule has 0 fully saturated rings. The third kappa shape index (κ3) is 4.42. The van der Waals surface area contributed by atoms with Gasteiger partial charge in [0.25, 0.3) is 11.8 Å². The van der Waals surface area contributed by atoms with Gasteiger partial charge in [0.1, 0.15) is 11.5 Å². The summed E-state index contributed by atoms with van der Waals surface area (Å²) in [5.41, 5.74) is 4.00. The zero-order chi connectivity index (χ0) is 27.5. The molecule has 1 atom stereocenters. The highest BCUT2D eigenvalue weighted by Crippen LogP contribution is 2.45. The number of hydrogen-bond acceptors (Lipinski definition) is 5. The van der Waals surface area contributed by atoms with Crippen LogP contribution in [0.25, 0.3) is 11.1 Å². The Morgan fingerprint density at radius 1 is 1.13 bits per heavy atom. The molecule has 0 saturated carbocycles. The highest BCUT2D eigenvalue weighted by molar-refractivity contribution is 6.31. The minimum atomic E-state index is -3.12. The number of rotatable bonds is 6. The van der Waals surface area contributed by atoms with Crippen molar-refractivity contribution in [2.24, 2.45) is 4.99 Å². The lowest BCUT2D eigenvalue weighted by atomic mass is 9.91. The number of carbonyl (C=O) groups excluding carboxylic acids is 1. The van der Waals surface area contributed by atoms with Crippen LogP contribution >= 0.6 is 11.6 Å². The third-order valence-corrected chi connectivity index (χ3v) is 7.28. The van der Waals surface area contributed by atoms with Crippen molar-refractivity contribution >= 4 is 34.3 Å². The van der Waals surface area contributed by atoms with Crippen LogP contribution in [-0.4, -0.2) is 40.5 Å². The Morgan fingerprint density at radius 2 is 1.87 bits per heavy atom. The van der Waals surface area contributed by atoms with Crippen molar-refractivity contribution in [3.05, 3.63) is 104 Å². The molecule has 2 aliphatic heterocycles. The molecule has 4 aromatic rings. The van der Waals surface area contributed by atoms with Gasteiger partial charge in [-0.05, 0) is 48.9 Å². The number of alkyl halides is 2. The summed E-state index contributed by atoms with van der Waals surface area (Å²) in [6.07, 6.45) is 0. The van der Waals surface area contributed by atoms with Crippen molar-refractivity contribution in [1.82, 2.24) is 9.88 Å². The number of ether oxygens (including phenoxy) is 1. The van der Waals surface area contributed by atoms with E-state index in [1.54, 1.807) is 60.7 Å². The number of nitrogens with zero attached hydrogens (tertiary/aromatic N) is 2. The van der Waals surface area contributed by atoms with E-state index in [9.17, 15) is 18.4 Å². The van der Waals surface area contributed by atoms with Crippen molar-refractivity contribution < 1.29 is 22.7 Å². The lowest BCUT2D eigenvalue weighted by Crippen LogP contribution is -2.40. The van der Waals surface area contributed by atoms with E-state index in [1.807, 2.05) is 6.92 Å². The fourth-order valence-corrected chi connectivity index (χ4v) is 5.30. The maximum atomic E-state index is 14.3. The Balaban J connectivity index is 1.41. The number of hydrogen-bond donors (Lipinski definition) is 1. The van der Waals surface area contributed by atoms with Gasteiger partial charge in [0.05, 0.1) is 30.4 Å². The summed E-state index contributed by atoms with van der Waals surface area (Å²) in [5.74, 6) is -3.12. The summed E-state index contributed by atoms with van der Waals surface area (Å²) >= 11 is 6.21. The predicted molar refractivity (Wildman–Crippen MR) is 143 cm³/mol. The molecule has 7 nitrogen and oxygen atoms in total. The molecule has 39 heavy (non-hydrogen) atoms. The standard InChI is InChI=1S/C29H22ClF2N3O4/c1-15-20(30)6-4-8-22(15)38-17-11-9-16(10-12-17)25-23-19(27(36)35(25)14-29(2,31)32)13-33-24(23)18-5-3-7-21-26(18)39-28(37)34-21/h3-12,25H,13-14H2,1-2H3,(H,34,37). The predicted octanol–water partition coefficient (Wildman–Crippen LogP) is 6.21. The number of aromatic amines is 1. The molecule has 10 heteroatoms. The molecular weight excluding hydrogens is 528 g/mol. The first-order valence-electron chi connectivity index (χ1n) is 12.2. The number of oxazole rings is 1. The van der Waals surface area contributed by atoms with Crippen molar-refractivity contribution in [1.29, 1.82) is 0 Å². The van der Waals surface area contributed by atoms with Crippen molar-refractivity contribution in [3.8, 4) is 11.5 Å². The Kier molecular flexibility index (Phi) is 5.91. The van der Waals surface area contributed by atoms with Crippen LogP contribution in [-0.2, 0) is 4.79 Å². The highest BCUT2D eigenvalue weighted by Gasteiger charge is 2.47. The van der Waals surface area contributed by atoms with Crippen LogP contribution in [0.2, 0.25) is 5.02 Å². The SMILES string of the molecule is Cc1c(Cl)cccc1Oc1ccc(C2C3=C(CN=C3c3cccc4[nH]c(=O)oc34)C(=O)N2CC(C)(F)F)cc1. The van der Waals surface area contributed by atoms with Crippen LogP contribution in [0.1, 0.15) is 29.7 Å². The van der Waals surface area contributed by atoms with Crippen LogP contribution < -0.4 is 10.5 Å². The molecule has 1 N–H and O–H groups in total. The maximum absolute atomic E-state index is 14.3. The van der Waals surface area contributed by atoms with Gasteiger partial charge in [-0.3, -0.25) is 14.8 Å². The molecule has 2 aliphatic rings. The lowest BCUT2D eigenvalue weighted by Gasteiger charge is -2.30. The summed E-state index contributed by atoms with van der Waals surface area (Å²) < 4.78 is 40.0. The van der Waals surface area contributed by atoms with E-state index in [1.165, 1.54) is 4.90 Å². The molecule has 3 heterocycles. The van der Waals surface area contributed by atoms with Crippen molar-refractivity contribution in [3.63, 3.8) is 0 Å². The Hall–Kier alpha value is -4.24. The minimum absolute atomic E-state index is 0.0477. The number of fused-ring (bicyclic) bond motifs is 1. The first-order valence-corrected chi connectivity index (χ1v) is 12.6. The smallest absolute Gasteiger partial charge is 0.417 e. The molecule has 0 aliphatic carbocycles. The average molecular weight is 550 g/mol. The summed E-state index contributed by atoms with van der Waals surface area (Å²) in [6, 6.07) is 16.6. The summed E-state index contributed by atoms with van der Waals surface area (Å²) in [6.45, 7) is 1.92. The van der Waals surface area contributed by atoms with E-state index in [2.05, 4.69) is 9.98 Å². The fourth-order valence-electron chi connectivity index (χ4n) is 5.14. The molecule has 0 radical (unpaired) electrons.